The molecule has 128 valence electrons. The van der Waals surface area contributed by atoms with E-state index < -0.39 is 11.6 Å². The van der Waals surface area contributed by atoms with Crippen LogP contribution in [0.3, 0.4) is 0 Å². The summed E-state index contributed by atoms with van der Waals surface area (Å²) < 4.78 is 33.0. The lowest BCUT2D eigenvalue weighted by atomic mass is 9.96. The topological polar surface area (TPSA) is 24.5 Å². The molecule has 1 heterocycles. The van der Waals surface area contributed by atoms with Gasteiger partial charge in [0, 0.05) is 31.3 Å². The normalized spacial score (nSPS) is 17.3. The van der Waals surface area contributed by atoms with Crippen molar-refractivity contribution in [3.8, 4) is 5.75 Å². The van der Waals surface area contributed by atoms with Gasteiger partial charge in [-0.05, 0) is 36.7 Å². The second-order valence-electron chi connectivity index (χ2n) is 5.98. The standard InChI is InChI=1S/C19H22F2N2O/c1-24-16-6-3-14(4-7-16)19(23-11-2-9-22-10-12-23)17-8-5-15(20)13-18(17)21/h3-8,13,19,22H,2,9-12H2,1H3. The number of rotatable bonds is 4. The molecule has 0 spiro atoms. The van der Waals surface area contributed by atoms with Crippen LogP contribution >= 0.6 is 0 Å². The fraction of sp³-hybridized carbons (Fsp3) is 0.368. The van der Waals surface area contributed by atoms with Crippen LogP contribution in [0.25, 0.3) is 0 Å². The zero-order valence-corrected chi connectivity index (χ0v) is 13.8. The van der Waals surface area contributed by atoms with Crippen LogP contribution in [0.15, 0.2) is 42.5 Å². The van der Waals surface area contributed by atoms with Crippen molar-refractivity contribution >= 4 is 0 Å². The lowest BCUT2D eigenvalue weighted by molar-refractivity contribution is 0.236. The van der Waals surface area contributed by atoms with Gasteiger partial charge in [-0.15, -0.1) is 0 Å². The van der Waals surface area contributed by atoms with Gasteiger partial charge in [-0.2, -0.15) is 0 Å². The highest BCUT2D eigenvalue weighted by atomic mass is 19.1. The Balaban J connectivity index is 2.01. The fourth-order valence-electron chi connectivity index (χ4n) is 3.22. The molecular weight excluding hydrogens is 310 g/mol. The summed E-state index contributed by atoms with van der Waals surface area (Å²) in [5, 5.41) is 3.36. The first kappa shape index (κ1) is 16.9. The van der Waals surface area contributed by atoms with Gasteiger partial charge in [0.15, 0.2) is 0 Å². The van der Waals surface area contributed by atoms with Gasteiger partial charge >= 0.3 is 0 Å². The minimum Gasteiger partial charge on any atom is -0.497 e. The zero-order valence-electron chi connectivity index (χ0n) is 13.8. The van der Waals surface area contributed by atoms with E-state index >= 15 is 0 Å². The van der Waals surface area contributed by atoms with Crippen molar-refractivity contribution in [1.82, 2.24) is 10.2 Å². The third kappa shape index (κ3) is 3.74. The largest absolute Gasteiger partial charge is 0.497 e. The third-order valence-electron chi connectivity index (χ3n) is 4.43. The first-order valence-electron chi connectivity index (χ1n) is 8.22. The highest BCUT2D eigenvalue weighted by Gasteiger charge is 2.26. The van der Waals surface area contributed by atoms with Crippen LogP contribution in [0.5, 0.6) is 5.75 Å². The molecule has 2 aromatic rings. The SMILES string of the molecule is COc1ccc(C(c2ccc(F)cc2F)N2CCCNCC2)cc1. The number of halogens is 2. The average Bonchev–Trinajstić information content (AvgIpc) is 2.87. The smallest absolute Gasteiger partial charge is 0.131 e. The molecular formula is C19H22F2N2O. The molecule has 3 nitrogen and oxygen atoms in total. The van der Waals surface area contributed by atoms with Crippen molar-refractivity contribution in [3.05, 3.63) is 65.2 Å². The molecule has 1 N–H and O–H groups in total. The molecule has 2 aromatic carbocycles. The third-order valence-corrected chi connectivity index (χ3v) is 4.43. The van der Waals surface area contributed by atoms with Crippen LogP contribution in [0.1, 0.15) is 23.6 Å². The van der Waals surface area contributed by atoms with Crippen LogP contribution in [0.4, 0.5) is 8.78 Å². The molecule has 1 atom stereocenters. The summed E-state index contributed by atoms with van der Waals surface area (Å²) in [5.41, 5.74) is 1.48. The molecule has 1 saturated heterocycles. The molecule has 0 radical (unpaired) electrons. The van der Waals surface area contributed by atoms with Crippen LogP contribution in [0, 0.1) is 11.6 Å². The number of hydrogen-bond donors (Lipinski definition) is 1. The maximum atomic E-state index is 14.5. The fourth-order valence-corrected chi connectivity index (χ4v) is 3.22. The summed E-state index contributed by atoms with van der Waals surface area (Å²) in [7, 11) is 1.62. The summed E-state index contributed by atoms with van der Waals surface area (Å²) in [6, 6.07) is 11.2. The minimum atomic E-state index is -0.553. The van der Waals surface area contributed by atoms with E-state index in [9.17, 15) is 8.78 Å². The maximum Gasteiger partial charge on any atom is 0.131 e. The Morgan fingerprint density at radius 1 is 1.04 bits per heavy atom. The number of nitrogens with one attached hydrogen (secondary N) is 1. The van der Waals surface area contributed by atoms with Gasteiger partial charge in [0.05, 0.1) is 13.2 Å². The molecule has 24 heavy (non-hydrogen) atoms. The molecule has 1 unspecified atom stereocenters. The second kappa shape index (κ2) is 7.73. The molecule has 0 aliphatic carbocycles. The Labute approximate surface area is 141 Å². The lowest BCUT2D eigenvalue weighted by Crippen LogP contribution is -2.33. The molecule has 5 heteroatoms. The molecule has 0 saturated carbocycles. The lowest BCUT2D eigenvalue weighted by Gasteiger charge is -2.31. The Bertz CT molecular complexity index is 668. The Kier molecular flexibility index (Phi) is 5.43. The van der Waals surface area contributed by atoms with Crippen molar-refractivity contribution in [2.24, 2.45) is 0 Å². The van der Waals surface area contributed by atoms with Crippen LogP contribution in [0.2, 0.25) is 0 Å². The van der Waals surface area contributed by atoms with E-state index in [2.05, 4.69) is 10.2 Å². The Morgan fingerprint density at radius 3 is 2.54 bits per heavy atom. The second-order valence-corrected chi connectivity index (χ2v) is 5.98. The molecule has 1 aliphatic heterocycles. The number of hydrogen-bond acceptors (Lipinski definition) is 3. The van der Waals surface area contributed by atoms with E-state index in [-0.39, 0.29) is 6.04 Å². The highest BCUT2D eigenvalue weighted by Crippen LogP contribution is 2.32. The van der Waals surface area contributed by atoms with Crippen molar-refractivity contribution < 1.29 is 13.5 Å². The van der Waals surface area contributed by atoms with Crippen molar-refractivity contribution in [3.63, 3.8) is 0 Å². The predicted octanol–water partition coefficient (Wildman–Crippen LogP) is 3.36. The van der Waals surface area contributed by atoms with Gasteiger partial charge in [0.2, 0.25) is 0 Å². The van der Waals surface area contributed by atoms with Crippen LogP contribution < -0.4 is 10.1 Å². The van der Waals surface area contributed by atoms with Crippen molar-refractivity contribution in [2.75, 3.05) is 33.3 Å². The van der Waals surface area contributed by atoms with Gasteiger partial charge in [-0.25, -0.2) is 8.78 Å². The Hall–Kier alpha value is -1.98. The molecule has 0 amide bonds. The molecule has 0 bridgehead atoms. The van der Waals surface area contributed by atoms with Crippen LogP contribution in [-0.2, 0) is 0 Å². The highest BCUT2D eigenvalue weighted by molar-refractivity contribution is 5.36. The number of methoxy groups -OCH3 is 1. The number of nitrogens with zero attached hydrogens (tertiary/aromatic N) is 1. The first-order chi connectivity index (χ1) is 11.7. The van der Waals surface area contributed by atoms with E-state index in [1.807, 2.05) is 24.3 Å². The molecule has 0 aromatic heterocycles. The van der Waals surface area contributed by atoms with Gasteiger partial charge < -0.3 is 10.1 Å². The first-order valence-corrected chi connectivity index (χ1v) is 8.22. The monoisotopic (exact) mass is 332 g/mol. The average molecular weight is 332 g/mol. The molecule has 1 fully saturated rings. The van der Waals surface area contributed by atoms with Gasteiger partial charge in [-0.3, -0.25) is 4.90 Å². The summed E-state index contributed by atoms with van der Waals surface area (Å²) >= 11 is 0. The summed E-state index contributed by atoms with van der Waals surface area (Å²) in [6.45, 7) is 3.49. The van der Waals surface area contributed by atoms with Gasteiger partial charge in [-0.1, -0.05) is 18.2 Å². The minimum absolute atomic E-state index is 0.239. The Morgan fingerprint density at radius 2 is 1.83 bits per heavy atom. The van der Waals surface area contributed by atoms with Crippen molar-refractivity contribution in [1.29, 1.82) is 0 Å². The van der Waals surface area contributed by atoms with E-state index in [1.165, 1.54) is 6.07 Å². The number of ether oxygens (including phenoxy) is 1. The molecule has 1 aliphatic rings. The predicted molar refractivity (Wildman–Crippen MR) is 90.3 cm³/mol. The summed E-state index contributed by atoms with van der Waals surface area (Å²) in [5.74, 6) is -0.301. The summed E-state index contributed by atoms with van der Waals surface area (Å²) in [6.07, 6.45) is 0.996. The van der Waals surface area contributed by atoms with Gasteiger partial charge in [0.1, 0.15) is 17.4 Å². The quantitative estimate of drug-likeness (QED) is 0.929. The van der Waals surface area contributed by atoms with E-state index in [0.29, 0.717) is 5.56 Å². The van der Waals surface area contributed by atoms with Gasteiger partial charge in [0.25, 0.3) is 0 Å². The van der Waals surface area contributed by atoms with E-state index in [4.69, 9.17) is 4.74 Å². The van der Waals surface area contributed by atoms with Crippen LogP contribution in [-0.4, -0.2) is 38.2 Å². The molecule has 3 rings (SSSR count). The zero-order chi connectivity index (χ0) is 16.9. The maximum absolute atomic E-state index is 14.5. The number of benzene rings is 2. The van der Waals surface area contributed by atoms with E-state index in [1.54, 1.807) is 13.2 Å². The summed E-state index contributed by atoms with van der Waals surface area (Å²) in [4.78, 5) is 2.25. The van der Waals surface area contributed by atoms with E-state index in [0.717, 1.165) is 50.0 Å². The van der Waals surface area contributed by atoms with Crippen molar-refractivity contribution in [2.45, 2.75) is 12.5 Å².